The van der Waals surface area contributed by atoms with Crippen molar-refractivity contribution in [3.8, 4) is 6.07 Å². The summed E-state index contributed by atoms with van der Waals surface area (Å²) in [6.45, 7) is 3.70. The fourth-order valence-corrected chi connectivity index (χ4v) is 4.30. The van der Waals surface area contributed by atoms with Crippen LogP contribution in [-0.4, -0.2) is 23.0 Å². The minimum absolute atomic E-state index is 0.331. The van der Waals surface area contributed by atoms with Gasteiger partial charge in [-0.2, -0.15) is 5.26 Å². The second kappa shape index (κ2) is 7.67. The maximum Gasteiger partial charge on any atom is 0.339 e. The van der Waals surface area contributed by atoms with Crippen molar-refractivity contribution in [3.63, 3.8) is 0 Å². The van der Waals surface area contributed by atoms with E-state index in [-0.39, 0.29) is 0 Å². The zero-order valence-corrected chi connectivity index (χ0v) is 15.4. The first-order valence-corrected chi connectivity index (χ1v) is 9.27. The number of carbonyl (C=O) groups excluding carboxylic acids is 2. The highest BCUT2D eigenvalue weighted by Crippen LogP contribution is 2.39. The highest BCUT2D eigenvalue weighted by Gasteiger charge is 2.26. The zero-order chi connectivity index (χ0) is 18.7. The number of carbonyl (C=O) groups is 2. The normalized spacial score (nSPS) is 16.9. The summed E-state index contributed by atoms with van der Waals surface area (Å²) in [5, 5.41) is 12.8. The lowest BCUT2D eigenvalue weighted by molar-refractivity contribution is -0.123. The minimum Gasteiger partial charge on any atom is -0.449 e. The Hall–Kier alpha value is -2.72. The molecule has 0 aliphatic heterocycles. The standard InChI is InChI=1S/C19H19N3O3S/c1-11-3-4-14-15(10-20)18(26-16(14)9-11)22-17(23)12(2)25-19(24)13-5-7-21-8-6-13/h5-8,11-12H,3-4,9H2,1-2H3,(H,22,23). The van der Waals surface area contributed by atoms with Crippen LogP contribution in [0.5, 0.6) is 0 Å². The van der Waals surface area contributed by atoms with Crippen LogP contribution < -0.4 is 5.32 Å². The van der Waals surface area contributed by atoms with Gasteiger partial charge in [-0.15, -0.1) is 11.3 Å². The molecule has 2 heterocycles. The first-order chi connectivity index (χ1) is 12.5. The monoisotopic (exact) mass is 369 g/mol. The van der Waals surface area contributed by atoms with Gasteiger partial charge in [0.1, 0.15) is 11.1 Å². The van der Waals surface area contributed by atoms with Gasteiger partial charge in [-0.25, -0.2) is 4.79 Å². The molecule has 0 fully saturated rings. The van der Waals surface area contributed by atoms with Crippen LogP contribution in [0.25, 0.3) is 0 Å². The predicted molar refractivity (Wildman–Crippen MR) is 98.0 cm³/mol. The molecule has 0 saturated carbocycles. The highest BCUT2D eigenvalue weighted by molar-refractivity contribution is 7.16. The average Bonchev–Trinajstić information content (AvgIpc) is 2.98. The van der Waals surface area contributed by atoms with Gasteiger partial charge in [0.2, 0.25) is 0 Å². The highest BCUT2D eigenvalue weighted by atomic mass is 32.1. The van der Waals surface area contributed by atoms with E-state index in [1.165, 1.54) is 42.8 Å². The van der Waals surface area contributed by atoms with Gasteiger partial charge in [0.15, 0.2) is 6.10 Å². The van der Waals surface area contributed by atoms with Crippen molar-refractivity contribution in [2.75, 3.05) is 5.32 Å². The van der Waals surface area contributed by atoms with Gasteiger partial charge in [-0.05, 0) is 49.8 Å². The summed E-state index contributed by atoms with van der Waals surface area (Å²) < 4.78 is 5.21. The van der Waals surface area contributed by atoms with Crippen molar-refractivity contribution in [2.45, 2.75) is 39.2 Å². The summed E-state index contributed by atoms with van der Waals surface area (Å²) >= 11 is 1.45. The molecule has 1 N–H and O–H groups in total. The number of rotatable bonds is 4. The Bertz CT molecular complexity index is 870. The number of aromatic nitrogens is 1. The fourth-order valence-electron chi connectivity index (χ4n) is 2.94. The maximum atomic E-state index is 12.4. The molecule has 1 aliphatic carbocycles. The summed E-state index contributed by atoms with van der Waals surface area (Å²) in [6, 6.07) is 5.26. The number of amides is 1. The third-order valence-corrected chi connectivity index (χ3v) is 5.60. The number of pyridine rings is 1. The van der Waals surface area contributed by atoms with Gasteiger partial charge in [0.25, 0.3) is 5.91 Å². The molecule has 1 amide bonds. The van der Waals surface area contributed by atoms with Crippen LogP contribution in [0.4, 0.5) is 5.00 Å². The van der Waals surface area contributed by atoms with E-state index in [0.29, 0.717) is 22.0 Å². The molecule has 134 valence electrons. The van der Waals surface area contributed by atoms with E-state index in [0.717, 1.165) is 29.7 Å². The number of thiophene rings is 1. The molecule has 1 aliphatic rings. The van der Waals surface area contributed by atoms with Crippen molar-refractivity contribution >= 4 is 28.2 Å². The van der Waals surface area contributed by atoms with Gasteiger partial charge in [-0.1, -0.05) is 6.92 Å². The maximum absolute atomic E-state index is 12.4. The summed E-state index contributed by atoms with van der Waals surface area (Å²) in [5.74, 6) is -0.457. The average molecular weight is 369 g/mol. The predicted octanol–water partition coefficient (Wildman–Crippen LogP) is 3.32. The van der Waals surface area contributed by atoms with E-state index in [9.17, 15) is 14.9 Å². The number of esters is 1. The number of ether oxygens (including phenoxy) is 1. The van der Waals surface area contributed by atoms with Crippen molar-refractivity contribution in [1.82, 2.24) is 4.98 Å². The molecule has 0 radical (unpaired) electrons. The second-order valence-electron chi connectivity index (χ2n) is 6.44. The number of nitrogens with one attached hydrogen (secondary N) is 1. The number of hydrogen-bond acceptors (Lipinski definition) is 6. The first-order valence-electron chi connectivity index (χ1n) is 8.46. The number of nitriles is 1. The van der Waals surface area contributed by atoms with E-state index in [4.69, 9.17) is 4.74 Å². The molecule has 26 heavy (non-hydrogen) atoms. The van der Waals surface area contributed by atoms with E-state index in [1.54, 1.807) is 0 Å². The van der Waals surface area contributed by atoms with Crippen LogP contribution in [0.2, 0.25) is 0 Å². The lowest BCUT2D eigenvalue weighted by Crippen LogP contribution is -2.30. The molecule has 3 rings (SSSR count). The van der Waals surface area contributed by atoms with Crippen LogP contribution in [0.3, 0.4) is 0 Å². The number of hydrogen-bond donors (Lipinski definition) is 1. The second-order valence-corrected chi connectivity index (χ2v) is 7.55. The molecule has 0 bridgehead atoms. The van der Waals surface area contributed by atoms with Gasteiger partial charge in [0, 0.05) is 17.3 Å². The van der Waals surface area contributed by atoms with Crippen molar-refractivity contribution in [2.24, 2.45) is 5.92 Å². The number of fused-ring (bicyclic) bond motifs is 1. The molecule has 0 spiro atoms. The van der Waals surface area contributed by atoms with E-state index >= 15 is 0 Å². The van der Waals surface area contributed by atoms with Crippen LogP contribution >= 0.6 is 11.3 Å². The summed E-state index contributed by atoms with van der Waals surface area (Å²) in [7, 11) is 0. The van der Waals surface area contributed by atoms with Crippen molar-refractivity contribution in [1.29, 1.82) is 5.26 Å². The fraction of sp³-hybridized carbons (Fsp3) is 0.368. The Labute approximate surface area is 155 Å². The Kier molecular flexibility index (Phi) is 5.33. The molecule has 2 atom stereocenters. The van der Waals surface area contributed by atoms with Crippen LogP contribution in [0, 0.1) is 17.2 Å². The quantitative estimate of drug-likeness (QED) is 0.835. The largest absolute Gasteiger partial charge is 0.449 e. The molecule has 2 unspecified atom stereocenters. The third-order valence-electron chi connectivity index (χ3n) is 4.43. The SMILES string of the molecule is CC1CCc2c(sc(NC(=O)C(C)OC(=O)c3ccncc3)c2C#N)C1. The molecule has 6 nitrogen and oxygen atoms in total. The molecular weight excluding hydrogens is 350 g/mol. The van der Waals surface area contributed by atoms with E-state index in [1.807, 2.05) is 0 Å². The Morgan fingerprint density at radius 3 is 2.85 bits per heavy atom. The van der Waals surface area contributed by atoms with Crippen molar-refractivity contribution < 1.29 is 14.3 Å². The van der Waals surface area contributed by atoms with Crippen LogP contribution in [0.15, 0.2) is 24.5 Å². The van der Waals surface area contributed by atoms with E-state index < -0.39 is 18.0 Å². The van der Waals surface area contributed by atoms with Crippen LogP contribution in [0.1, 0.15) is 46.6 Å². The Balaban J connectivity index is 1.70. The van der Waals surface area contributed by atoms with Gasteiger partial charge >= 0.3 is 5.97 Å². The molecular formula is C19H19N3O3S. The van der Waals surface area contributed by atoms with Gasteiger partial charge in [-0.3, -0.25) is 9.78 Å². The van der Waals surface area contributed by atoms with Crippen molar-refractivity contribution in [3.05, 3.63) is 46.1 Å². The van der Waals surface area contributed by atoms with Crippen LogP contribution in [-0.2, 0) is 22.4 Å². The number of nitrogens with zero attached hydrogens (tertiary/aromatic N) is 2. The third kappa shape index (κ3) is 3.75. The minimum atomic E-state index is -0.972. The first kappa shape index (κ1) is 18.1. The topological polar surface area (TPSA) is 92.1 Å². The zero-order valence-electron chi connectivity index (χ0n) is 14.6. The Morgan fingerprint density at radius 1 is 1.42 bits per heavy atom. The lowest BCUT2D eigenvalue weighted by Gasteiger charge is -2.17. The smallest absolute Gasteiger partial charge is 0.339 e. The molecule has 0 aromatic carbocycles. The van der Waals surface area contributed by atoms with Gasteiger partial charge < -0.3 is 10.1 Å². The summed E-state index contributed by atoms with van der Waals surface area (Å²) in [4.78, 5) is 29.5. The number of anilines is 1. The Morgan fingerprint density at radius 2 is 2.15 bits per heavy atom. The molecule has 2 aromatic rings. The van der Waals surface area contributed by atoms with Gasteiger partial charge in [0.05, 0.1) is 11.1 Å². The summed E-state index contributed by atoms with van der Waals surface area (Å²) in [5.41, 5.74) is 1.92. The summed E-state index contributed by atoms with van der Waals surface area (Å²) in [6.07, 6.45) is 4.83. The van der Waals surface area contributed by atoms with E-state index in [2.05, 4.69) is 23.3 Å². The molecule has 7 heteroatoms. The molecule has 2 aromatic heterocycles. The molecule has 0 saturated heterocycles. The lowest BCUT2D eigenvalue weighted by atomic mass is 9.88.